The first-order chi connectivity index (χ1) is 28.0. The summed E-state index contributed by atoms with van der Waals surface area (Å²) in [6.07, 6.45) is 0.442. The minimum Gasteiger partial charge on any atom is -0.480 e. The van der Waals surface area contributed by atoms with E-state index in [9.17, 15) is 33.9 Å². The van der Waals surface area contributed by atoms with E-state index in [-0.39, 0.29) is 76.2 Å². The molecule has 1 heterocycles. The number of benzene rings is 2. The lowest BCUT2D eigenvalue weighted by Gasteiger charge is -2.26. The molecule has 2 atom stereocenters. The smallest absolute Gasteiger partial charge is 0.326 e. The summed E-state index contributed by atoms with van der Waals surface area (Å²) in [4.78, 5) is 75.0. The number of nitrogens with two attached hydrogens (primary N) is 1. The molecule has 0 bridgehead atoms. The van der Waals surface area contributed by atoms with Gasteiger partial charge in [-0.05, 0) is 42.5 Å². The standard InChI is InChI=1S/C41H56N6O11/c1-29(2)38(39(51)45-33(40(52)53)11-7-18-44-41(42)54)46-36(49)17-20-55-22-24-57-26-27-58-25-23-56-21-19-43-35(48)15-16-37(50)47-28-32-10-4-3-8-30(32)13-14-31-9-5-6-12-34(31)47/h3-6,8-10,12,29,33,38H,7,11,15-28H2,1-2H3,(H,43,48)(H,45,51)(H,46,49)(H,52,53)(H3,42,44,54)/t33-,38?/m0/s1. The first-order valence-corrected chi connectivity index (χ1v) is 19.4. The molecule has 2 aromatic carbocycles. The maximum atomic E-state index is 13.3. The quantitative estimate of drug-likeness (QED) is 0.0558. The van der Waals surface area contributed by atoms with Gasteiger partial charge in [-0.1, -0.05) is 56.0 Å². The van der Waals surface area contributed by atoms with Crippen LogP contribution in [0.15, 0.2) is 48.5 Å². The van der Waals surface area contributed by atoms with E-state index >= 15 is 0 Å². The van der Waals surface area contributed by atoms with Gasteiger partial charge in [-0.2, -0.15) is 0 Å². The second-order valence-corrected chi connectivity index (χ2v) is 13.6. The molecule has 2 aromatic rings. The molecule has 1 unspecified atom stereocenters. The highest BCUT2D eigenvalue weighted by atomic mass is 16.6. The number of hydrogen-bond acceptors (Lipinski definition) is 10. The van der Waals surface area contributed by atoms with Crippen LogP contribution in [-0.4, -0.2) is 119 Å². The van der Waals surface area contributed by atoms with E-state index in [0.717, 1.165) is 22.4 Å². The molecule has 0 radical (unpaired) electrons. The Balaban J connectivity index is 1.17. The number of nitrogens with one attached hydrogen (secondary N) is 4. The molecule has 0 spiro atoms. The van der Waals surface area contributed by atoms with Crippen molar-refractivity contribution >= 4 is 41.3 Å². The highest BCUT2D eigenvalue weighted by Crippen LogP contribution is 2.26. The number of amides is 6. The molecule has 0 aliphatic carbocycles. The second-order valence-electron chi connectivity index (χ2n) is 13.6. The molecule has 0 saturated carbocycles. The number of nitrogens with zero attached hydrogens (tertiary/aromatic N) is 1. The minimum absolute atomic E-state index is 0.00945. The predicted molar refractivity (Wildman–Crippen MR) is 213 cm³/mol. The van der Waals surface area contributed by atoms with Gasteiger partial charge in [0.15, 0.2) is 0 Å². The van der Waals surface area contributed by atoms with Gasteiger partial charge in [-0.15, -0.1) is 0 Å². The summed E-state index contributed by atoms with van der Waals surface area (Å²) in [5, 5.41) is 19.7. The van der Waals surface area contributed by atoms with Gasteiger partial charge >= 0.3 is 12.0 Å². The van der Waals surface area contributed by atoms with E-state index in [1.54, 1.807) is 18.7 Å². The SMILES string of the molecule is CC(C)C(NC(=O)CCOCCOCCOCCOCCNC(=O)CCC(=O)N1Cc2ccccc2C#Cc2ccccc21)C(=O)N[C@@H](CCCNC(N)=O)C(=O)O. The van der Waals surface area contributed by atoms with Gasteiger partial charge in [0.1, 0.15) is 12.1 Å². The second kappa shape index (κ2) is 26.4. The topological polar surface area (TPSA) is 237 Å². The van der Waals surface area contributed by atoms with Crippen molar-refractivity contribution in [1.29, 1.82) is 0 Å². The van der Waals surface area contributed by atoms with Crippen LogP contribution in [0.5, 0.6) is 0 Å². The predicted octanol–water partition coefficient (Wildman–Crippen LogP) is 1.44. The lowest BCUT2D eigenvalue weighted by Crippen LogP contribution is -2.53. The van der Waals surface area contributed by atoms with Crippen LogP contribution in [-0.2, 0) is 49.5 Å². The van der Waals surface area contributed by atoms with Gasteiger partial charge in [-0.3, -0.25) is 19.2 Å². The van der Waals surface area contributed by atoms with Gasteiger partial charge in [-0.25, -0.2) is 9.59 Å². The van der Waals surface area contributed by atoms with Crippen LogP contribution in [0.2, 0.25) is 0 Å². The molecule has 3 rings (SSSR count). The fourth-order valence-electron chi connectivity index (χ4n) is 5.66. The summed E-state index contributed by atoms with van der Waals surface area (Å²) in [6.45, 7) is 6.52. The van der Waals surface area contributed by atoms with Crippen molar-refractivity contribution in [2.75, 3.05) is 70.8 Å². The number of urea groups is 1. The van der Waals surface area contributed by atoms with E-state index in [1.807, 2.05) is 48.5 Å². The number of ether oxygens (including phenoxy) is 4. The Labute approximate surface area is 339 Å². The van der Waals surface area contributed by atoms with Crippen LogP contribution in [0.25, 0.3) is 0 Å². The molecular weight excluding hydrogens is 752 g/mol. The summed E-state index contributed by atoms with van der Waals surface area (Å²) in [5.41, 5.74) is 8.31. The third-order valence-corrected chi connectivity index (χ3v) is 8.75. The van der Waals surface area contributed by atoms with E-state index < -0.39 is 35.9 Å². The van der Waals surface area contributed by atoms with Crippen molar-refractivity contribution < 1.29 is 52.8 Å². The third-order valence-electron chi connectivity index (χ3n) is 8.75. The maximum absolute atomic E-state index is 13.3. The van der Waals surface area contributed by atoms with E-state index in [2.05, 4.69) is 33.1 Å². The number of carbonyl (C=O) groups is 6. The molecule has 316 valence electrons. The monoisotopic (exact) mass is 808 g/mol. The summed E-state index contributed by atoms with van der Waals surface area (Å²) in [5.74, 6) is 3.38. The molecule has 58 heavy (non-hydrogen) atoms. The van der Waals surface area contributed by atoms with Crippen LogP contribution in [0, 0.1) is 17.8 Å². The van der Waals surface area contributed by atoms with E-state index in [0.29, 0.717) is 46.1 Å². The number of rotatable bonds is 27. The summed E-state index contributed by atoms with van der Waals surface area (Å²) >= 11 is 0. The van der Waals surface area contributed by atoms with Crippen LogP contribution < -0.4 is 31.9 Å². The number of primary amides is 1. The van der Waals surface area contributed by atoms with Crippen molar-refractivity contribution in [2.24, 2.45) is 11.7 Å². The molecule has 17 nitrogen and oxygen atoms in total. The van der Waals surface area contributed by atoms with Crippen molar-refractivity contribution in [3.63, 3.8) is 0 Å². The largest absolute Gasteiger partial charge is 0.480 e. The van der Waals surface area contributed by atoms with Crippen molar-refractivity contribution in [1.82, 2.24) is 21.3 Å². The molecule has 7 N–H and O–H groups in total. The first-order valence-electron chi connectivity index (χ1n) is 19.4. The Morgan fingerprint density at radius 2 is 1.33 bits per heavy atom. The Morgan fingerprint density at radius 3 is 1.98 bits per heavy atom. The Hall–Kier alpha value is -5.54. The average molecular weight is 809 g/mol. The minimum atomic E-state index is -1.23. The van der Waals surface area contributed by atoms with Crippen molar-refractivity contribution in [2.45, 2.75) is 64.6 Å². The third kappa shape index (κ3) is 17.7. The van der Waals surface area contributed by atoms with Crippen molar-refractivity contribution in [3.8, 4) is 11.8 Å². The zero-order valence-corrected chi connectivity index (χ0v) is 33.2. The molecule has 0 saturated heterocycles. The fraction of sp³-hybridized carbons (Fsp3) is 0.512. The molecule has 0 aromatic heterocycles. The van der Waals surface area contributed by atoms with Gasteiger partial charge < -0.3 is 56.0 Å². The zero-order chi connectivity index (χ0) is 42.1. The van der Waals surface area contributed by atoms with E-state index in [4.69, 9.17) is 24.7 Å². The molecule has 1 aliphatic rings. The number of anilines is 1. The van der Waals surface area contributed by atoms with Crippen LogP contribution >= 0.6 is 0 Å². The van der Waals surface area contributed by atoms with Gasteiger partial charge in [0.05, 0.1) is 65.1 Å². The zero-order valence-electron chi connectivity index (χ0n) is 33.2. The Morgan fingerprint density at radius 1 is 0.724 bits per heavy atom. The molecule has 1 aliphatic heterocycles. The van der Waals surface area contributed by atoms with Gasteiger partial charge in [0, 0.05) is 43.5 Å². The van der Waals surface area contributed by atoms with Crippen LogP contribution in [0.1, 0.15) is 62.6 Å². The van der Waals surface area contributed by atoms with Gasteiger partial charge in [0.25, 0.3) is 0 Å². The average Bonchev–Trinajstić information content (AvgIpc) is 3.19. The molecule has 17 heteroatoms. The number of hydrogen-bond donors (Lipinski definition) is 6. The maximum Gasteiger partial charge on any atom is 0.326 e. The first kappa shape index (κ1) is 46.8. The van der Waals surface area contributed by atoms with Crippen molar-refractivity contribution in [3.05, 3.63) is 65.2 Å². The summed E-state index contributed by atoms with van der Waals surface area (Å²) in [7, 11) is 0. The molecular formula is C41H56N6O11. The normalized spacial score (nSPS) is 12.7. The number of aliphatic carboxylic acids is 1. The van der Waals surface area contributed by atoms with Crippen LogP contribution in [0.4, 0.5) is 10.5 Å². The Kier molecular flexibility index (Phi) is 21.3. The number of fused-ring (bicyclic) bond motifs is 2. The van der Waals surface area contributed by atoms with E-state index in [1.165, 1.54) is 0 Å². The highest BCUT2D eigenvalue weighted by Gasteiger charge is 2.28. The lowest BCUT2D eigenvalue weighted by molar-refractivity contribution is -0.142. The Bertz CT molecular complexity index is 1730. The van der Waals surface area contributed by atoms with Gasteiger partial charge in [0.2, 0.25) is 23.6 Å². The number of carboxylic acid groups (broad SMARTS) is 1. The number of carbonyl (C=O) groups excluding carboxylic acids is 5. The number of carboxylic acids is 1. The number of para-hydroxylation sites is 1. The lowest BCUT2D eigenvalue weighted by atomic mass is 10.0. The molecule has 0 fully saturated rings. The summed E-state index contributed by atoms with van der Waals surface area (Å²) in [6, 6.07) is 12.4. The van der Waals surface area contributed by atoms with Crippen LogP contribution in [0.3, 0.4) is 0 Å². The fourth-order valence-corrected chi connectivity index (χ4v) is 5.66. The molecule has 6 amide bonds. The highest BCUT2D eigenvalue weighted by molar-refractivity contribution is 5.97. The summed E-state index contributed by atoms with van der Waals surface area (Å²) < 4.78 is 21.9.